The standard InChI is InChI=1S/C5H10/c1-4-5(2)3/h4-5H,2H2,1,3H3/t5-/m1/s1. The van der Waals surface area contributed by atoms with Crippen LogP contribution in [0.3, 0.4) is 0 Å². The van der Waals surface area contributed by atoms with Gasteiger partial charge in [-0.15, -0.1) is 0 Å². The fourth-order valence-corrected chi connectivity index (χ4v) is 0. The smallest absolute Gasteiger partial charge is 0.0389 e. The lowest BCUT2D eigenvalue weighted by atomic mass is 10.2. The minimum absolute atomic E-state index is 0.509. The maximum Gasteiger partial charge on any atom is -0.0389 e. The Labute approximate surface area is 34.2 Å². The van der Waals surface area contributed by atoms with E-state index in [4.69, 9.17) is 0 Å². The molecule has 0 bridgehead atoms. The lowest BCUT2D eigenvalue weighted by Gasteiger charge is -1.89. The van der Waals surface area contributed by atoms with Crippen LogP contribution >= 0.6 is 0 Å². The summed E-state index contributed by atoms with van der Waals surface area (Å²) in [5.41, 5.74) is 0. The van der Waals surface area contributed by atoms with Crippen LogP contribution in [0.2, 0.25) is 0 Å². The van der Waals surface area contributed by atoms with Crippen LogP contribution in [-0.2, 0) is 0 Å². The van der Waals surface area contributed by atoms with Crippen molar-refractivity contribution in [2.45, 2.75) is 13.8 Å². The van der Waals surface area contributed by atoms with Gasteiger partial charge in [0, 0.05) is 0 Å². The van der Waals surface area contributed by atoms with E-state index in [1.54, 1.807) is 0 Å². The van der Waals surface area contributed by atoms with Crippen LogP contribution in [0.15, 0.2) is 0 Å². The maximum atomic E-state index is 3.70. The number of hydrogen-bond acceptors (Lipinski definition) is 0. The van der Waals surface area contributed by atoms with Crippen molar-refractivity contribution in [3.63, 3.8) is 0 Å². The molecule has 0 aliphatic heterocycles. The van der Waals surface area contributed by atoms with E-state index in [0.29, 0.717) is 5.92 Å². The second-order valence-electron chi connectivity index (χ2n) is 1.31. The Morgan fingerprint density at radius 3 is 2.00 bits per heavy atom. The van der Waals surface area contributed by atoms with Crippen molar-refractivity contribution in [3.8, 4) is 0 Å². The van der Waals surface area contributed by atoms with Gasteiger partial charge in [0.25, 0.3) is 0 Å². The van der Waals surface area contributed by atoms with Gasteiger partial charge in [0.2, 0.25) is 0 Å². The van der Waals surface area contributed by atoms with Crippen molar-refractivity contribution >= 4 is 0 Å². The summed E-state index contributed by atoms with van der Waals surface area (Å²) >= 11 is 0. The maximum absolute atomic E-state index is 3.70. The highest BCUT2D eigenvalue weighted by atomic mass is 13.9. The normalized spacial score (nSPS) is 9.60. The molecule has 0 saturated carbocycles. The summed E-state index contributed by atoms with van der Waals surface area (Å²) in [7, 11) is 0. The van der Waals surface area contributed by atoms with Gasteiger partial charge in [-0.05, 0) is 12.3 Å². The lowest BCUT2D eigenvalue weighted by molar-refractivity contribution is 0.851. The van der Waals surface area contributed by atoms with Crippen molar-refractivity contribution in [1.29, 1.82) is 0 Å². The van der Waals surface area contributed by atoms with Crippen LogP contribution in [0, 0.1) is 19.3 Å². The van der Waals surface area contributed by atoms with Gasteiger partial charge in [0.15, 0.2) is 0 Å². The van der Waals surface area contributed by atoms with Crippen LogP contribution < -0.4 is 0 Å². The van der Waals surface area contributed by atoms with Gasteiger partial charge >= 0.3 is 0 Å². The van der Waals surface area contributed by atoms with E-state index in [1.807, 2.05) is 6.92 Å². The van der Waals surface area contributed by atoms with E-state index >= 15 is 0 Å². The molecular formula is C5H10. The van der Waals surface area contributed by atoms with Gasteiger partial charge < -0.3 is 0 Å². The monoisotopic (exact) mass is 70.1 g/mol. The highest BCUT2D eigenvalue weighted by Crippen LogP contribution is 1.91. The van der Waals surface area contributed by atoms with Gasteiger partial charge in [-0.2, -0.15) is 0 Å². The van der Waals surface area contributed by atoms with E-state index in [9.17, 15) is 0 Å². The van der Waals surface area contributed by atoms with Crippen LogP contribution in [0.5, 0.6) is 0 Å². The summed E-state index contributed by atoms with van der Waals surface area (Å²) in [6.45, 7) is 7.77. The second kappa shape index (κ2) is 2.25. The highest BCUT2D eigenvalue weighted by molar-refractivity contribution is 4.66. The number of rotatable bonds is 1. The fourth-order valence-electron chi connectivity index (χ4n) is 0. The molecule has 1 atom stereocenters. The molecule has 0 aromatic rings. The zero-order valence-electron chi connectivity index (χ0n) is 3.86. The molecule has 30 valence electrons. The van der Waals surface area contributed by atoms with E-state index in [-0.39, 0.29) is 0 Å². The van der Waals surface area contributed by atoms with Gasteiger partial charge in [-0.3, -0.25) is 0 Å². The molecule has 0 N–H and O–H groups in total. The Bertz CT molecular complexity index is 14.0. The molecule has 5 heavy (non-hydrogen) atoms. The summed E-state index contributed by atoms with van der Waals surface area (Å²) in [4.78, 5) is 0. The van der Waals surface area contributed by atoms with Crippen LogP contribution in [-0.4, -0.2) is 0 Å². The zero-order valence-corrected chi connectivity index (χ0v) is 3.86. The van der Waals surface area contributed by atoms with Crippen molar-refractivity contribution in [2.75, 3.05) is 0 Å². The molecule has 0 unspecified atom stereocenters. The average molecular weight is 70.1 g/mol. The Hall–Kier alpha value is 0. The third kappa shape index (κ3) is 4.00. The van der Waals surface area contributed by atoms with E-state index in [2.05, 4.69) is 20.3 Å². The fraction of sp³-hybridized carbons (Fsp3) is 0.600. The van der Waals surface area contributed by atoms with Crippen molar-refractivity contribution in [3.05, 3.63) is 13.3 Å². The quantitative estimate of drug-likeness (QED) is 0.440. The lowest BCUT2D eigenvalue weighted by Crippen LogP contribution is -1.79. The molecule has 0 fully saturated rings. The minimum Gasteiger partial charge on any atom is -0.0622 e. The van der Waals surface area contributed by atoms with Crippen molar-refractivity contribution < 1.29 is 0 Å². The third-order valence-corrected chi connectivity index (χ3v) is 0.569. The first-order chi connectivity index (χ1) is 2.27. The zero-order chi connectivity index (χ0) is 4.28. The van der Waals surface area contributed by atoms with Gasteiger partial charge in [-0.1, -0.05) is 20.8 Å². The largest absolute Gasteiger partial charge is 0.0622 e. The Balaban J connectivity index is 2.54. The average Bonchev–Trinajstić information content (AvgIpc) is 1.38. The first-order valence-corrected chi connectivity index (χ1v) is 1.90. The highest BCUT2D eigenvalue weighted by Gasteiger charge is 1.80. The predicted octanol–water partition coefficient (Wildman–Crippen LogP) is 1.68. The Kier molecular flexibility index (Phi) is 2.25. The second-order valence-corrected chi connectivity index (χ2v) is 1.31. The molecule has 0 aromatic heterocycles. The Morgan fingerprint density at radius 1 is 1.80 bits per heavy atom. The SMILES string of the molecule is [CH2][C@H](C)[CH]C. The van der Waals surface area contributed by atoms with Crippen molar-refractivity contribution in [2.24, 2.45) is 5.92 Å². The van der Waals surface area contributed by atoms with Crippen LogP contribution in [0.4, 0.5) is 0 Å². The summed E-state index contributed by atoms with van der Waals surface area (Å²) in [6, 6.07) is 0. The van der Waals surface area contributed by atoms with E-state index < -0.39 is 0 Å². The van der Waals surface area contributed by atoms with Gasteiger partial charge in [-0.25, -0.2) is 0 Å². The molecular weight excluding hydrogens is 60.1 g/mol. The number of hydrogen-bond donors (Lipinski definition) is 0. The molecule has 0 nitrogen and oxygen atoms in total. The van der Waals surface area contributed by atoms with Gasteiger partial charge in [0.1, 0.15) is 0 Å². The molecule has 0 spiro atoms. The molecule has 0 heterocycles. The van der Waals surface area contributed by atoms with Gasteiger partial charge in [0.05, 0.1) is 0 Å². The third-order valence-electron chi connectivity index (χ3n) is 0.569. The molecule has 0 amide bonds. The van der Waals surface area contributed by atoms with Crippen LogP contribution in [0.1, 0.15) is 13.8 Å². The van der Waals surface area contributed by atoms with Crippen molar-refractivity contribution in [1.82, 2.24) is 0 Å². The van der Waals surface area contributed by atoms with E-state index in [0.717, 1.165) is 0 Å². The first-order valence-electron chi connectivity index (χ1n) is 1.90. The molecule has 0 rings (SSSR count). The first kappa shape index (κ1) is 5.00. The Morgan fingerprint density at radius 2 is 2.00 bits per heavy atom. The molecule has 0 aromatic carbocycles. The molecule has 0 aliphatic rings. The summed E-state index contributed by atoms with van der Waals surface area (Å²) in [5.74, 6) is 0.509. The summed E-state index contributed by atoms with van der Waals surface area (Å²) in [6.07, 6.45) is 2.06. The predicted molar refractivity (Wildman–Crippen MR) is 24.5 cm³/mol. The van der Waals surface area contributed by atoms with Crippen LogP contribution in [0.25, 0.3) is 0 Å². The molecule has 0 aliphatic carbocycles. The molecule has 0 heteroatoms. The summed E-state index contributed by atoms with van der Waals surface area (Å²) < 4.78 is 0. The topological polar surface area (TPSA) is 0 Å². The van der Waals surface area contributed by atoms with E-state index in [1.165, 1.54) is 0 Å². The molecule has 0 saturated heterocycles. The minimum atomic E-state index is 0.509. The molecule has 2 radical (unpaired) electrons. The summed E-state index contributed by atoms with van der Waals surface area (Å²) in [5, 5.41) is 0.